The van der Waals surface area contributed by atoms with Crippen molar-refractivity contribution in [1.29, 1.82) is 0 Å². The normalized spacial score (nSPS) is 21.1. The monoisotopic (exact) mass is 438 g/mol. The number of hydrogen-bond donors (Lipinski definition) is 1. The molecule has 0 saturated carbocycles. The number of rotatable bonds is 6. The van der Waals surface area contributed by atoms with Crippen molar-refractivity contribution in [2.45, 2.75) is 6.04 Å². The average molecular weight is 438 g/mol. The van der Waals surface area contributed by atoms with E-state index in [1.807, 2.05) is 0 Å². The van der Waals surface area contributed by atoms with Crippen LogP contribution in [0.4, 0.5) is 5.69 Å². The number of nitro benzene ring substituents is 1. The Morgan fingerprint density at radius 3 is 2.56 bits per heavy atom. The number of carbonyl (C=O) groups is 2. The number of morpholine rings is 1. The van der Waals surface area contributed by atoms with Gasteiger partial charge in [-0.1, -0.05) is 12.1 Å². The molecule has 1 amide bonds. The first-order chi connectivity index (χ1) is 15.5. The van der Waals surface area contributed by atoms with Crippen molar-refractivity contribution >= 4 is 23.1 Å². The van der Waals surface area contributed by atoms with Gasteiger partial charge in [-0.2, -0.15) is 0 Å². The van der Waals surface area contributed by atoms with Crippen LogP contribution >= 0.6 is 0 Å². The van der Waals surface area contributed by atoms with Gasteiger partial charge in [-0.25, -0.2) is 0 Å². The van der Waals surface area contributed by atoms with Gasteiger partial charge in [0.1, 0.15) is 5.76 Å². The molecule has 1 aromatic carbocycles. The lowest BCUT2D eigenvalue weighted by Crippen LogP contribution is -2.42. The molecule has 1 atom stereocenters. The molecule has 10 heteroatoms. The van der Waals surface area contributed by atoms with Gasteiger partial charge in [-0.15, -0.1) is 0 Å². The van der Waals surface area contributed by atoms with Gasteiger partial charge in [0.15, 0.2) is 0 Å². The summed E-state index contributed by atoms with van der Waals surface area (Å²) in [5.41, 5.74) is 0.464. The van der Waals surface area contributed by atoms with Crippen LogP contribution in [0.3, 0.4) is 0 Å². The molecule has 1 aromatic heterocycles. The van der Waals surface area contributed by atoms with Crippen LogP contribution in [0, 0.1) is 10.1 Å². The molecule has 2 aliphatic rings. The van der Waals surface area contributed by atoms with Crippen molar-refractivity contribution in [1.82, 2.24) is 14.8 Å². The summed E-state index contributed by atoms with van der Waals surface area (Å²) < 4.78 is 5.35. The Morgan fingerprint density at radius 2 is 1.88 bits per heavy atom. The summed E-state index contributed by atoms with van der Waals surface area (Å²) in [6.07, 6.45) is 2.93. The number of carbonyl (C=O) groups excluding carboxylic acids is 2. The second-order valence-corrected chi connectivity index (χ2v) is 7.53. The summed E-state index contributed by atoms with van der Waals surface area (Å²) in [6, 6.07) is 7.91. The van der Waals surface area contributed by atoms with E-state index in [1.165, 1.54) is 47.6 Å². The molecule has 3 heterocycles. The van der Waals surface area contributed by atoms with E-state index in [2.05, 4.69) is 9.88 Å². The van der Waals surface area contributed by atoms with Gasteiger partial charge in [0.2, 0.25) is 0 Å². The number of nitro groups is 1. The van der Waals surface area contributed by atoms with Crippen LogP contribution in [-0.2, 0) is 14.3 Å². The maximum Gasteiger partial charge on any atom is 0.295 e. The first-order valence-electron chi connectivity index (χ1n) is 10.2. The number of Topliss-reactive ketones (excluding diaryl/α,β-unsaturated/α-hetero) is 1. The zero-order valence-corrected chi connectivity index (χ0v) is 17.2. The van der Waals surface area contributed by atoms with Crippen molar-refractivity contribution in [3.63, 3.8) is 0 Å². The highest BCUT2D eigenvalue weighted by molar-refractivity contribution is 6.46. The molecular formula is C22H22N4O6. The maximum atomic E-state index is 13.0. The maximum absolute atomic E-state index is 13.0. The van der Waals surface area contributed by atoms with E-state index in [9.17, 15) is 24.8 Å². The number of hydrogen-bond acceptors (Lipinski definition) is 8. The van der Waals surface area contributed by atoms with E-state index >= 15 is 0 Å². The van der Waals surface area contributed by atoms with Crippen LogP contribution < -0.4 is 0 Å². The van der Waals surface area contributed by atoms with Crippen LogP contribution in [-0.4, -0.2) is 75.9 Å². The molecule has 0 spiro atoms. The Morgan fingerprint density at radius 1 is 1.16 bits per heavy atom. The van der Waals surface area contributed by atoms with E-state index in [0.717, 1.165) is 0 Å². The summed E-state index contributed by atoms with van der Waals surface area (Å²) in [5.74, 6) is -1.90. The first-order valence-corrected chi connectivity index (χ1v) is 10.2. The average Bonchev–Trinajstić information content (AvgIpc) is 3.08. The molecule has 166 valence electrons. The van der Waals surface area contributed by atoms with Crippen molar-refractivity contribution < 1.29 is 24.4 Å². The number of aliphatic hydroxyl groups is 1. The van der Waals surface area contributed by atoms with E-state index in [4.69, 9.17) is 4.74 Å². The number of amides is 1. The predicted octanol–water partition coefficient (Wildman–Crippen LogP) is 1.74. The molecular weight excluding hydrogens is 416 g/mol. The second kappa shape index (κ2) is 9.25. The number of aromatic nitrogens is 1. The molecule has 0 aliphatic carbocycles. The standard InChI is InChI=1S/C22H22N4O6/c27-20(15-4-6-23-7-5-15)18-19(16-2-1-3-17(14-16)26(30)31)25(22(29)21(18)28)9-8-24-10-12-32-13-11-24/h1-7,14,19,27H,8-13H2/b20-18+. The van der Waals surface area contributed by atoms with E-state index in [1.54, 1.807) is 6.07 Å². The molecule has 32 heavy (non-hydrogen) atoms. The lowest BCUT2D eigenvalue weighted by molar-refractivity contribution is -0.384. The topological polar surface area (TPSA) is 126 Å². The van der Waals surface area contributed by atoms with Gasteiger partial charge in [-0.3, -0.25) is 29.6 Å². The quantitative estimate of drug-likeness (QED) is 0.238. The minimum atomic E-state index is -0.941. The highest BCUT2D eigenvalue weighted by Gasteiger charge is 2.46. The van der Waals surface area contributed by atoms with Crippen molar-refractivity contribution in [3.8, 4) is 0 Å². The van der Waals surface area contributed by atoms with E-state index < -0.39 is 22.7 Å². The minimum Gasteiger partial charge on any atom is -0.507 e. The van der Waals surface area contributed by atoms with Crippen molar-refractivity contribution in [2.24, 2.45) is 0 Å². The fourth-order valence-corrected chi connectivity index (χ4v) is 4.00. The van der Waals surface area contributed by atoms with Crippen LogP contribution in [0.25, 0.3) is 5.76 Å². The smallest absolute Gasteiger partial charge is 0.295 e. The van der Waals surface area contributed by atoms with Gasteiger partial charge in [-0.05, 0) is 17.7 Å². The van der Waals surface area contributed by atoms with Crippen LogP contribution in [0.2, 0.25) is 0 Å². The number of aliphatic hydroxyl groups excluding tert-OH is 1. The molecule has 2 aromatic rings. The molecule has 1 unspecified atom stereocenters. The zero-order chi connectivity index (χ0) is 22.7. The largest absolute Gasteiger partial charge is 0.507 e. The Bertz CT molecular complexity index is 1070. The van der Waals surface area contributed by atoms with Gasteiger partial charge in [0.05, 0.1) is 29.8 Å². The number of ether oxygens (including phenoxy) is 1. The van der Waals surface area contributed by atoms with Crippen LogP contribution in [0.1, 0.15) is 17.2 Å². The molecule has 2 fully saturated rings. The predicted molar refractivity (Wildman–Crippen MR) is 114 cm³/mol. The number of pyridine rings is 1. The molecule has 2 aliphatic heterocycles. The fraction of sp³-hybridized carbons (Fsp3) is 0.318. The molecule has 0 radical (unpaired) electrons. The van der Waals surface area contributed by atoms with Crippen LogP contribution in [0.15, 0.2) is 54.4 Å². The number of nitrogens with zero attached hydrogens (tertiary/aromatic N) is 4. The summed E-state index contributed by atoms with van der Waals surface area (Å²) in [7, 11) is 0. The second-order valence-electron chi connectivity index (χ2n) is 7.53. The summed E-state index contributed by atoms with van der Waals surface area (Å²) >= 11 is 0. The Hall–Kier alpha value is -3.63. The lowest BCUT2D eigenvalue weighted by Gasteiger charge is -2.31. The molecule has 2 saturated heterocycles. The number of ketones is 1. The van der Waals surface area contributed by atoms with Gasteiger partial charge >= 0.3 is 0 Å². The highest BCUT2D eigenvalue weighted by Crippen LogP contribution is 2.40. The first kappa shape index (κ1) is 21.6. The molecule has 4 rings (SSSR count). The van der Waals surface area contributed by atoms with Gasteiger partial charge in [0, 0.05) is 56.3 Å². The summed E-state index contributed by atoms with van der Waals surface area (Å²) in [6.45, 7) is 3.34. The third-order valence-corrected chi connectivity index (χ3v) is 5.65. The van der Waals surface area contributed by atoms with E-state index in [0.29, 0.717) is 44.0 Å². The van der Waals surface area contributed by atoms with Gasteiger partial charge < -0.3 is 14.7 Å². The molecule has 1 N–H and O–H groups in total. The third-order valence-electron chi connectivity index (χ3n) is 5.65. The van der Waals surface area contributed by atoms with E-state index in [-0.39, 0.29) is 23.6 Å². The summed E-state index contributed by atoms with van der Waals surface area (Å²) in [4.78, 5) is 44.1. The lowest BCUT2D eigenvalue weighted by atomic mass is 9.95. The zero-order valence-electron chi connectivity index (χ0n) is 17.2. The Kier molecular flexibility index (Phi) is 6.24. The SMILES string of the molecule is O=C1C(=O)N(CCN2CCOCC2)C(c2cccc([N+](=O)[O-])c2)/C1=C(\O)c1ccncc1. The molecule has 0 bridgehead atoms. The van der Waals surface area contributed by atoms with Crippen molar-refractivity contribution in [2.75, 3.05) is 39.4 Å². The fourth-order valence-electron chi connectivity index (χ4n) is 4.00. The number of benzene rings is 1. The highest BCUT2D eigenvalue weighted by atomic mass is 16.6. The Labute approximate surface area is 183 Å². The minimum absolute atomic E-state index is 0.0938. The number of likely N-dealkylation sites (tertiary alicyclic amines) is 1. The van der Waals surface area contributed by atoms with Crippen LogP contribution in [0.5, 0.6) is 0 Å². The summed E-state index contributed by atoms with van der Waals surface area (Å²) in [5, 5.41) is 22.3. The van der Waals surface area contributed by atoms with Crippen molar-refractivity contribution in [3.05, 3.63) is 75.6 Å². The third kappa shape index (κ3) is 4.23. The Balaban J connectivity index is 1.76. The van der Waals surface area contributed by atoms with Gasteiger partial charge in [0.25, 0.3) is 17.4 Å². The molecule has 10 nitrogen and oxygen atoms in total. The number of non-ortho nitro benzene ring substituents is 1.